The normalized spacial score (nSPS) is 19.4. The lowest BCUT2D eigenvalue weighted by Gasteiger charge is -2.32. The molecule has 1 amide bonds. The largest absolute Gasteiger partial charge is 0.348 e. The maximum Gasteiger partial charge on any atom is 0.237 e. The molecule has 1 aliphatic heterocycles. The standard InChI is InChI=1S/C16H25N3O/c1-12-4-6-15(7-5-12)13(2)18-16(20)14(3)19-10-8-17-9-11-19/h4-7,13-14,17H,8-11H2,1-3H3,(H,18,20). The molecule has 1 aromatic carbocycles. The molecular weight excluding hydrogens is 250 g/mol. The quantitative estimate of drug-likeness (QED) is 0.874. The van der Waals surface area contributed by atoms with E-state index in [2.05, 4.69) is 46.7 Å². The third kappa shape index (κ3) is 3.81. The molecule has 2 unspecified atom stereocenters. The number of piperazine rings is 1. The fourth-order valence-electron chi connectivity index (χ4n) is 2.51. The average Bonchev–Trinajstić information content (AvgIpc) is 2.48. The smallest absolute Gasteiger partial charge is 0.237 e. The predicted molar refractivity (Wildman–Crippen MR) is 81.6 cm³/mol. The van der Waals surface area contributed by atoms with Crippen LogP contribution in [0.15, 0.2) is 24.3 Å². The van der Waals surface area contributed by atoms with Gasteiger partial charge in [-0.3, -0.25) is 9.69 Å². The average molecular weight is 275 g/mol. The van der Waals surface area contributed by atoms with Crippen molar-refractivity contribution in [1.29, 1.82) is 0 Å². The summed E-state index contributed by atoms with van der Waals surface area (Å²) in [4.78, 5) is 14.5. The lowest BCUT2D eigenvalue weighted by atomic mass is 10.1. The van der Waals surface area contributed by atoms with Gasteiger partial charge in [0.05, 0.1) is 12.1 Å². The molecule has 0 bridgehead atoms. The van der Waals surface area contributed by atoms with E-state index in [1.807, 2.05) is 13.8 Å². The van der Waals surface area contributed by atoms with E-state index in [4.69, 9.17) is 0 Å². The topological polar surface area (TPSA) is 44.4 Å². The maximum atomic E-state index is 12.3. The summed E-state index contributed by atoms with van der Waals surface area (Å²) in [6, 6.07) is 8.31. The molecule has 20 heavy (non-hydrogen) atoms. The minimum Gasteiger partial charge on any atom is -0.348 e. The van der Waals surface area contributed by atoms with Crippen molar-refractivity contribution in [2.24, 2.45) is 0 Å². The summed E-state index contributed by atoms with van der Waals surface area (Å²) in [5.41, 5.74) is 2.39. The monoisotopic (exact) mass is 275 g/mol. The molecule has 2 N–H and O–H groups in total. The van der Waals surface area contributed by atoms with Crippen molar-refractivity contribution >= 4 is 5.91 Å². The minimum absolute atomic E-state index is 0.0495. The van der Waals surface area contributed by atoms with E-state index in [1.54, 1.807) is 0 Å². The number of rotatable bonds is 4. The van der Waals surface area contributed by atoms with Crippen LogP contribution in [-0.2, 0) is 4.79 Å². The van der Waals surface area contributed by atoms with Crippen LogP contribution in [0.4, 0.5) is 0 Å². The van der Waals surface area contributed by atoms with Crippen LogP contribution in [0.3, 0.4) is 0 Å². The van der Waals surface area contributed by atoms with Crippen LogP contribution in [-0.4, -0.2) is 43.0 Å². The third-order valence-corrected chi connectivity index (χ3v) is 4.01. The van der Waals surface area contributed by atoms with Gasteiger partial charge in [-0.1, -0.05) is 29.8 Å². The Morgan fingerprint density at radius 2 is 1.80 bits per heavy atom. The first-order valence-corrected chi connectivity index (χ1v) is 7.39. The number of nitrogens with one attached hydrogen (secondary N) is 2. The van der Waals surface area contributed by atoms with Crippen LogP contribution < -0.4 is 10.6 Å². The second-order valence-electron chi connectivity index (χ2n) is 5.60. The van der Waals surface area contributed by atoms with Crippen LogP contribution in [0.5, 0.6) is 0 Å². The number of nitrogens with zero attached hydrogens (tertiary/aromatic N) is 1. The van der Waals surface area contributed by atoms with Crippen LogP contribution >= 0.6 is 0 Å². The zero-order chi connectivity index (χ0) is 14.5. The van der Waals surface area contributed by atoms with Gasteiger partial charge in [0.2, 0.25) is 5.91 Å². The number of carbonyl (C=O) groups excluding carboxylic acids is 1. The Morgan fingerprint density at radius 1 is 1.20 bits per heavy atom. The van der Waals surface area contributed by atoms with Gasteiger partial charge < -0.3 is 10.6 Å². The zero-order valence-corrected chi connectivity index (χ0v) is 12.6. The van der Waals surface area contributed by atoms with Crippen molar-refractivity contribution in [3.05, 3.63) is 35.4 Å². The van der Waals surface area contributed by atoms with Gasteiger partial charge in [-0.2, -0.15) is 0 Å². The number of amides is 1. The van der Waals surface area contributed by atoms with Crippen molar-refractivity contribution in [2.75, 3.05) is 26.2 Å². The van der Waals surface area contributed by atoms with Crippen LogP contribution in [0, 0.1) is 6.92 Å². The minimum atomic E-state index is -0.0648. The molecule has 0 aliphatic carbocycles. The molecule has 2 atom stereocenters. The van der Waals surface area contributed by atoms with E-state index < -0.39 is 0 Å². The third-order valence-electron chi connectivity index (χ3n) is 4.01. The fraction of sp³-hybridized carbons (Fsp3) is 0.562. The van der Waals surface area contributed by atoms with Gasteiger partial charge in [0.25, 0.3) is 0 Å². The highest BCUT2D eigenvalue weighted by atomic mass is 16.2. The number of hydrogen-bond donors (Lipinski definition) is 2. The van der Waals surface area contributed by atoms with E-state index in [1.165, 1.54) is 5.56 Å². The molecule has 110 valence electrons. The molecular formula is C16H25N3O. The van der Waals surface area contributed by atoms with Crippen molar-refractivity contribution in [3.63, 3.8) is 0 Å². The van der Waals surface area contributed by atoms with Crippen molar-refractivity contribution in [1.82, 2.24) is 15.5 Å². The highest BCUT2D eigenvalue weighted by Crippen LogP contribution is 2.13. The highest BCUT2D eigenvalue weighted by molar-refractivity contribution is 5.81. The second kappa shape index (κ2) is 6.86. The maximum absolute atomic E-state index is 12.3. The first kappa shape index (κ1) is 15.0. The van der Waals surface area contributed by atoms with Gasteiger partial charge in [0, 0.05) is 26.2 Å². The Kier molecular flexibility index (Phi) is 5.15. The van der Waals surface area contributed by atoms with Gasteiger partial charge >= 0.3 is 0 Å². The van der Waals surface area contributed by atoms with Crippen molar-refractivity contribution in [3.8, 4) is 0 Å². The molecule has 0 spiro atoms. The summed E-state index contributed by atoms with van der Waals surface area (Å²) >= 11 is 0. The van der Waals surface area contributed by atoms with E-state index in [0.29, 0.717) is 0 Å². The number of benzene rings is 1. The molecule has 0 aromatic heterocycles. The summed E-state index contributed by atoms with van der Waals surface area (Å²) in [5.74, 6) is 0.111. The Hall–Kier alpha value is -1.39. The van der Waals surface area contributed by atoms with Crippen molar-refractivity contribution in [2.45, 2.75) is 32.9 Å². The Labute approximate surface area is 121 Å². The molecule has 1 fully saturated rings. The molecule has 4 heteroatoms. The Balaban J connectivity index is 1.91. The first-order chi connectivity index (χ1) is 9.58. The number of hydrogen-bond acceptors (Lipinski definition) is 3. The number of carbonyl (C=O) groups is 1. The fourth-order valence-corrected chi connectivity index (χ4v) is 2.51. The van der Waals surface area contributed by atoms with Gasteiger partial charge in [-0.15, -0.1) is 0 Å². The highest BCUT2D eigenvalue weighted by Gasteiger charge is 2.23. The summed E-state index contributed by atoms with van der Waals surface area (Å²) < 4.78 is 0. The molecule has 1 heterocycles. The van der Waals surface area contributed by atoms with Gasteiger partial charge in [-0.05, 0) is 26.3 Å². The van der Waals surface area contributed by atoms with Gasteiger partial charge in [0.15, 0.2) is 0 Å². The summed E-state index contributed by atoms with van der Waals surface area (Å²) in [6.07, 6.45) is 0. The molecule has 1 aromatic rings. The predicted octanol–water partition coefficient (Wildman–Crippen LogP) is 1.47. The van der Waals surface area contributed by atoms with Crippen molar-refractivity contribution < 1.29 is 4.79 Å². The van der Waals surface area contributed by atoms with E-state index in [0.717, 1.165) is 31.7 Å². The van der Waals surface area contributed by atoms with E-state index >= 15 is 0 Å². The number of aryl methyl sites for hydroxylation is 1. The summed E-state index contributed by atoms with van der Waals surface area (Å²) in [6.45, 7) is 9.90. The Bertz CT molecular complexity index is 438. The molecule has 1 saturated heterocycles. The van der Waals surface area contributed by atoms with Gasteiger partial charge in [-0.25, -0.2) is 0 Å². The zero-order valence-electron chi connectivity index (χ0n) is 12.6. The molecule has 0 saturated carbocycles. The summed E-state index contributed by atoms with van der Waals surface area (Å²) in [7, 11) is 0. The lowest BCUT2D eigenvalue weighted by molar-refractivity contribution is -0.126. The van der Waals surface area contributed by atoms with Crippen LogP contribution in [0.2, 0.25) is 0 Å². The SMILES string of the molecule is Cc1ccc(C(C)NC(=O)C(C)N2CCNCC2)cc1. The van der Waals surface area contributed by atoms with Gasteiger partial charge in [0.1, 0.15) is 0 Å². The Morgan fingerprint density at radius 3 is 2.40 bits per heavy atom. The molecule has 2 rings (SSSR count). The lowest BCUT2D eigenvalue weighted by Crippen LogP contribution is -2.52. The molecule has 4 nitrogen and oxygen atoms in total. The van der Waals surface area contributed by atoms with E-state index in [-0.39, 0.29) is 18.0 Å². The van der Waals surface area contributed by atoms with Crippen LogP contribution in [0.1, 0.15) is 31.0 Å². The second-order valence-corrected chi connectivity index (χ2v) is 5.60. The molecule has 0 radical (unpaired) electrons. The van der Waals surface area contributed by atoms with Crippen LogP contribution in [0.25, 0.3) is 0 Å². The van der Waals surface area contributed by atoms with E-state index in [9.17, 15) is 4.79 Å². The first-order valence-electron chi connectivity index (χ1n) is 7.39. The molecule has 1 aliphatic rings. The summed E-state index contributed by atoms with van der Waals surface area (Å²) in [5, 5.41) is 6.42.